The van der Waals surface area contributed by atoms with Gasteiger partial charge in [0.1, 0.15) is 29.0 Å². The average Bonchev–Trinajstić information content (AvgIpc) is 3.47. The van der Waals surface area contributed by atoms with Crippen LogP contribution in [-0.4, -0.2) is 62.2 Å². The van der Waals surface area contributed by atoms with Crippen molar-refractivity contribution in [1.82, 2.24) is 0 Å². The monoisotopic (exact) mass is 815 g/mol. The zero-order valence-corrected chi connectivity index (χ0v) is 37.5. The summed E-state index contributed by atoms with van der Waals surface area (Å²) in [5.41, 5.74) is 3.95. The number of benzene rings is 1. The molecular weight excluding hydrogens is 741 g/mol. The molecule has 5 rings (SSSR count). The first-order chi connectivity index (χ1) is 27.6. The first kappa shape index (κ1) is 46.6. The summed E-state index contributed by atoms with van der Waals surface area (Å²) in [7, 11) is 0. The Balaban J connectivity index is 1.32. The molecule has 1 aromatic rings. The van der Waals surface area contributed by atoms with Crippen LogP contribution in [0.25, 0.3) is 0 Å². The number of phenols is 2. The zero-order valence-electron chi connectivity index (χ0n) is 37.5. The van der Waals surface area contributed by atoms with Gasteiger partial charge in [-0.2, -0.15) is 0 Å². The molecule has 59 heavy (non-hydrogen) atoms. The van der Waals surface area contributed by atoms with E-state index < -0.39 is 24.3 Å². The van der Waals surface area contributed by atoms with Gasteiger partial charge in [0.25, 0.3) is 0 Å². The van der Waals surface area contributed by atoms with Gasteiger partial charge in [-0.25, -0.2) is 4.79 Å². The van der Waals surface area contributed by atoms with Gasteiger partial charge < -0.3 is 30.3 Å². The number of ketones is 1. The highest BCUT2D eigenvalue weighted by molar-refractivity contribution is 5.88. The lowest BCUT2D eigenvalue weighted by Gasteiger charge is -2.59. The van der Waals surface area contributed by atoms with Crippen molar-refractivity contribution in [1.29, 1.82) is 0 Å². The fraction of sp³-hybridized carbons (Fsp3) is 0.647. The van der Waals surface area contributed by atoms with E-state index in [-0.39, 0.29) is 52.1 Å². The summed E-state index contributed by atoms with van der Waals surface area (Å²) in [5.74, 6) is 0.813. The smallest absolute Gasteiger partial charge is 0.334 e. The number of Topliss-reactive ketones (excluding diaryl/α,β-unsaturated/α-hetero) is 1. The highest BCUT2D eigenvalue weighted by atomic mass is 16.6. The SMILES string of the molecule is C/C(=C\CC/C(C)=C/CC/C(=C/Cc1cc(O)ccc1O)C(=O)O[C@@H](CC[C@@H](C)[C@H]1CC[C@@]2(C)C3=CC[C@H]4C(C)(C)C(=O)CC[C@]4(C)C3=CC[C@]12C)[C@@](C)(O)CO)CO. The molecule has 0 aliphatic heterocycles. The van der Waals surface area contributed by atoms with Crippen LogP contribution >= 0.6 is 0 Å². The van der Waals surface area contributed by atoms with Crippen molar-refractivity contribution >= 4 is 11.8 Å². The Morgan fingerprint density at radius 1 is 0.949 bits per heavy atom. The lowest BCUT2D eigenvalue weighted by atomic mass is 9.44. The maximum absolute atomic E-state index is 14.1. The third-order valence-electron chi connectivity index (χ3n) is 16.0. The van der Waals surface area contributed by atoms with Crippen molar-refractivity contribution in [3.05, 3.63) is 82.0 Å². The second kappa shape index (κ2) is 18.3. The number of rotatable bonds is 17. The summed E-state index contributed by atoms with van der Waals surface area (Å²) in [4.78, 5) is 27.1. The van der Waals surface area contributed by atoms with Crippen LogP contribution in [0.3, 0.4) is 0 Å². The van der Waals surface area contributed by atoms with Crippen molar-refractivity contribution in [3.8, 4) is 11.5 Å². The van der Waals surface area contributed by atoms with E-state index in [1.165, 1.54) is 36.3 Å². The summed E-state index contributed by atoms with van der Waals surface area (Å²) in [6.07, 6.45) is 19.4. The molecule has 1 aromatic carbocycles. The highest BCUT2D eigenvalue weighted by Crippen LogP contribution is 2.71. The van der Waals surface area contributed by atoms with Crippen LogP contribution in [0.1, 0.15) is 145 Å². The van der Waals surface area contributed by atoms with Gasteiger partial charge >= 0.3 is 5.97 Å². The van der Waals surface area contributed by atoms with E-state index in [1.54, 1.807) is 6.08 Å². The molecule has 0 aromatic heterocycles. The molecule has 2 fully saturated rings. The van der Waals surface area contributed by atoms with Crippen LogP contribution in [-0.2, 0) is 20.7 Å². The highest BCUT2D eigenvalue weighted by Gasteiger charge is 2.63. The number of aliphatic hydroxyl groups is 3. The molecule has 0 bridgehead atoms. The molecule has 0 unspecified atom stereocenters. The maximum atomic E-state index is 14.1. The van der Waals surface area contributed by atoms with E-state index >= 15 is 0 Å². The quantitative estimate of drug-likeness (QED) is 0.0453. The molecular formula is C51H74O8. The van der Waals surface area contributed by atoms with Crippen molar-refractivity contribution in [2.45, 2.75) is 157 Å². The topological polar surface area (TPSA) is 145 Å². The van der Waals surface area contributed by atoms with E-state index in [0.29, 0.717) is 60.9 Å². The number of carbonyl (C=O) groups is 2. The molecule has 0 heterocycles. The lowest BCUT2D eigenvalue weighted by molar-refractivity contribution is -0.165. The average molecular weight is 815 g/mol. The number of hydrogen-bond acceptors (Lipinski definition) is 8. The Morgan fingerprint density at radius 3 is 2.34 bits per heavy atom. The van der Waals surface area contributed by atoms with Gasteiger partial charge in [-0.1, -0.05) is 83.1 Å². The first-order valence-corrected chi connectivity index (χ1v) is 22.3. The Labute approximate surface area is 354 Å². The van der Waals surface area contributed by atoms with Crippen molar-refractivity contribution < 1.29 is 39.9 Å². The molecule has 0 amide bonds. The fourth-order valence-electron chi connectivity index (χ4n) is 11.6. The summed E-state index contributed by atoms with van der Waals surface area (Å²) >= 11 is 0. The Hall–Kier alpha value is -3.46. The van der Waals surface area contributed by atoms with E-state index in [4.69, 9.17) is 4.74 Å². The molecule has 0 saturated heterocycles. The second-order valence-corrected chi connectivity index (χ2v) is 20.2. The Bertz CT molecular complexity index is 1880. The minimum absolute atomic E-state index is 0.00356. The van der Waals surface area contributed by atoms with Gasteiger partial charge in [-0.15, -0.1) is 0 Å². The summed E-state index contributed by atoms with van der Waals surface area (Å²) in [6, 6.07) is 4.30. The standard InChI is InChI=1S/C51H74O8/c1-33(12-10-14-34(2)31-52)13-11-15-36(17-18-37-30-38(54)19-21-42(37)55)46(57)59-45(51(9,58)32-53)23-16-35(3)39-24-28-50(8)41-20-22-43-47(4,5)44(56)26-27-48(43,6)40(41)25-29-49(39,50)7/h13-14,17,19-21,25,30,35,39,43,45,52-55,58H,10-12,15-16,18,22-24,26-29,31-32H2,1-9H3/b33-13+,34-14+,36-17-/t35-,39-,43+,45+,48-,49-,50+,51+/m1/s1. The molecule has 8 nitrogen and oxygen atoms in total. The number of phenolic OH excluding ortho intramolecular Hbond substituents is 2. The molecule has 326 valence electrons. The Kier molecular flexibility index (Phi) is 14.4. The number of fused-ring (bicyclic) bond motifs is 5. The number of hydrogen-bond donors (Lipinski definition) is 5. The van der Waals surface area contributed by atoms with Crippen LogP contribution < -0.4 is 0 Å². The second-order valence-electron chi connectivity index (χ2n) is 20.2. The number of aromatic hydroxyl groups is 2. The van der Waals surface area contributed by atoms with Gasteiger partial charge in [-0.05, 0) is 161 Å². The number of aliphatic hydroxyl groups excluding tert-OH is 2. The van der Waals surface area contributed by atoms with Crippen molar-refractivity contribution in [3.63, 3.8) is 0 Å². The molecule has 4 aliphatic rings. The molecule has 4 aliphatic carbocycles. The van der Waals surface area contributed by atoms with Gasteiger partial charge in [0.15, 0.2) is 0 Å². The minimum Gasteiger partial charge on any atom is -0.508 e. The van der Waals surface area contributed by atoms with Gasteiger partial charge in [0.05, 0.1) is 13.2 Å². The zero-order chi connectivity index (χ0) is 43.6. The lowest BCUT2D eigenvalue weighted by Crippen LogP contribution is -2.53. The van der Waals surface area contributed by atoms with Crippen LogP contribution in [0.15, 0.2) is 76.4 Å². The van der Waals surface area contributed by atoms with Crippen molar-refractivity contribution in [2.24, 2.45) is 39.4 Å². The number of ether oxygens (including phenoxy) is 1. The van der Waals surface area contributed by atoms with Gasteiger partial charge in [0, 0.05) is 23.0 Å². The number of esters is 1. The minimum atomic E-state index is -1.66. The molecule has 2 saturated carbocycles. The third kappa shape index (κ3) is 9.40. The van der Waals surface area contributed by atoms with E-state index in [0.717, 1.165) is 56.1 Å². The number of allylic oxidation sites excluding steroid dienone is 8. The van der Waals surface area contributed by atoms with Crippen LogP contribution in [0.4, 0.5) is 0 Å². The summed E-state index contributed by atoms with van der Waals surface area (Å²) in [5, 5.41) is 51.6. The summed E-state index contributed by atoms with van der Waals surface area (Å²) < 4.78 is 6.17. The van der Waals surface area contributed by atoms with Crippen LogP contribution in [0.5, 0.6) is 11.5 Å². The van der Waals surface area contributed by atoms with Crippen LogP contribution in [0, 0.1) is 39.4 Å². The van der Waals surface area contributed by atoms with Crippen LogP contribution in [0.2, 0.25) is 0 Å². The maximum Gasteiger partial charge on any atom is 0.334 e. The number of carbonyl (C=O) groups excluding carboxylic acids is 2. The molecule has 8 atom stereocenters. The molecule has 0 radical (unpaired) electrons. The van der Waals surface area contributed by atoms with Gasteiger partial charge in [0.2, 0.25) is 0 Å². The first-order valence-electron chi connectivity index (χ1n) is 22.3. The van der Waals surface area contributed by atoms with Crippen molar-refractivity contribution in [2.75, 3.05) is 13.2 Å². The predicted octanol–water partition coefficient (Wildman–Crippen LogP) is 10.2. The predicted molar refractivity (Wildman–Crippen MR) is 235 cm³/mol. The third-order valence-corrected chi connectivity index (χ3v) is 16.0. The molecule has 5 N–H and O–H groups in total. The Morgan fingerprint density at radius 2 is 1.64 bits per heavy atom. The fourth-order valence-corrected chi connectivity index (χ4v) is 11.6. The van der Waals surface area contributed by atoms with Gasteiger partial charge in [-0.3, -0.25) is 4.79 Å². The molecule has 0 spiro atoms. The normalized spacial score (nSPS) is 30.3. The van der Waals surface area contributed by atoms with E-state index in [9.17, 15) is 35.1 Å². The molecule has 8 heteroatoms. The largest absolute Gasteiger partial charge is 0.508 e. The van der Waals surface area contributed by atoms with E-state index in [1.807, 2.05) is 19.9 Å². The van der Waals surface area contributed by atoms with E-state index in [2.05, 4.69) is 59.8 Å². The summed E-state index contributed by atoms with van der Waals surface area (Å²) in [6.45, 7) is 18.9.